The number of benzene rings is 2. The first-order chi connectivity index (χ1) is 13.5. The van der Waals surface area contributed by atoms with Crippen molar-refractivity contribution in [1.29, 1.82) is 0 Å². The van der Waals surface area contributed by atoms with Crippen LogP contribution < -0.4 is 9.64 Å². The number of carbonyl (C=O) groups is 2. The van der Waals surface area contributed by atoms with Crippen LogP contribution in [-0.2, 0) is 16.2 Å². The van der Waals surface area contributed by atoms with Gasteiger partial charge in [-0.25, -0.2) is 0 Å². The van der Waals surface area contributed by atoms with Gasteiger partial charge in [0.25, 0.3) is 0 Å². The van der Waals surface area contributed by atoms with E-state index in [0.29, 0.717) is 21.5 Å². The van der Waals surface area contributed by atoms with E-state index in [9.17, 15) is 9.59 Å². The molecule has 28 heavy (non-hydrogen) atoms. The van der Waals surface area contributed by atoms with Crippen molar-refractivity contribution in [1.82, 2.24) is 0 Å². The molecule has 1 saturated heterocycles. The molecule has 3 aliphatic rings. The van der Waals surface area contributed by atoms with Crippen LogP contribution >= 0.6 is 23.2 Å². The number of anilines is 1. The summed E-state index contributed by atoms with van der Waals surface area (Å²) in [6, 6.07) is 12.3. The Bertz CT molecular complexity index is 951. The van der Waals surface area contributed by atoms with Gasteiger partial charge in [-0.15, -0.1) is 0 Å². The van der Waals surface area contributed by atoms with Gasteiger partial charge in [-0.1, -0.05) is 41.4 Å². The largest absolute Gasteiger partial charge is 0.489 e. The van der Waals surface area contributed by atoms with Crippen molar-refractivity contribution < 1.29 is 14.3 Å². The average Bonchev–Trinajstić information content (AvgIpc) is 3.36. The minimum Gasteiger partial charge on any atom is -0.489 e. The maximum Gasteiger partial charge on any atom is 0.238 e. The topological polar surface area (TPSA) is 46.6 Å². The Hall–Kier alpha value is -2.30. The van der Waals surface area contributed by atoms with E-state index < -0.39 is 0 Å². The molecule has 2 aromatic carbocycles. The molecule has 4 nitrogen and oxygen atoms in total. The summed E-state index contributed by atoms with van der Waals surface area (Å²) < 4.78 is 5.78. The summed E-state index contributed by atoms with van der Waals surface area (Å²) in [5.41, 5.74) is 1.31. The Morgan fingerprint density at radius 3 is 2.04 bits per heavy atom. The molecule has 2 aromatic rings. The van der Waals surface area contributed by atoms with Gasteiger partial charge in [-0.3, -0.25) is 14.5 Å². The highest BCUT2D eigenvalue weighted by molar-refractivity contribution is 6.36. The van der Waals surface area contributed by atoms with Gasteiger partial charge in [0.2, 0.25) is 11.8 Å². The van der Waals surface area contributed by atoms with Gasteiger partial charge in [0.05, 0.1) is 17.5 Å². The monoisotopic (exact) mass is 413 g/mol. The van der Waals surface area contributed by atoms with Crippen LogP contribution in [0, 0.1) is 23.7 Å². The zero-order valence-electron chi connectivity index (χ0n) is 14.8. The first-order valence-corrected chi connectivity index (χ1v) is 10.0. The number of carbonyl (C=O) groups excluding carboxylic acids is 2. The Morgan fingerprint density at radius 1 is 0.893 bits per heavy atom. The molecule has 0 radical (unpaired) electrons. The highest BCUT2D eigenvalue weighted by Crippen LogP contribution is 2.53. The molecule has 0 aromatic heterocycles. The van der Waals surface area contributed by atoms with Gasteiger partial charge in [-0.2, -0.15) is 0 Å². The molecule has 2 amide bonds. The summed E-state index contributed by atoms with van der Waals surface area (Å²) in [7, 11) is 0. The van der Waals surface area contributed by atoms with Crippen LogP contribution in [0.5, 0.6) is 5.75 Å². The van der Waals surface area contributed by atoms with Crippen LogP contribution in [0.15, 0.2) is 54.6 Å². The van der Waals surface area contributed by atoms with Gasteiger partial charge < -0.3 is 4.74 Å². The second-order valence-corrected chi connectivity index (χ2v) is 8.31. The molecular formula is C22H17Cl2NO3. The standard InChI is InChI=1S/C22H17Cl2NO3/c23-17-2-1-3-18(24)16(17)11-28-15-8-6-14(7-9-15)25-21(26)19-12-4-5-13(10-12)20(19)22(25)27/h1-9,12-13,19-20H,10-11H2/t12-,13-,19-,20+/m0/s1. The van der Waals surface area contributed by atoms with E-state index in [0.717, 1.165) is 12.0 Å². The number of fused-ring (bicyclic) bond motifs is 5. The van der Waals surface area contributed by atoms with E-state index in [1.54, 1.807) is 42.5 Å². The van der Waals surface area contributed by atoms with Crippen LogP contribution in [0.2, 0.25) is 10.0 Å². The lowest BCUT2D eigenvalue weighted by Gasteiger charge is -2.18. The zero-order valence-corrected chi connectivity index (χ0v) is 16.4. The molecule has 6 heteroatoms. The Kier molecular flexibility index (Phi) is 4.22. The maximum absolute atomic E-state index is 12.9. The lowest BCUT2D eigenvalue weighted by Crippen LogP contribution is -2.32. The smallest absolute Gasteiger partial charge is 0.238 e. The minimum absolute atomic E-state index is 0.0802. The third-order valence-corrected chi connectivity index (χ3v) is 6.72. The molecule has 2 fully saturated rings. The van der Waals surface area contributed by atoms with Gasteiger partial charge in [0, 0.05) is 15.6 Å². The second kappa shape index (κ2) is 6.64. The summed E-state index contributed by atoms with van der Waals surface area (Å²) >= 11 is 12.3. The molecule has 5 rings (SSSR count). The minimum atomic E-state index is -0.194. The number of nitrogens with zero attached hydrogens (tertiary/aromatic N) is 1. The number of halogens is 2. The summed E-state index contributed by atoms with van der Waals surface area (Å²) in [5, 5.41) is 1.10. The van der Waals surface area contributed by atoms with Crippen molar-refractivity contribution in [2.75, 3.05) is 4.90 Å². The Morgan fingerprint density at radius 2 is 1.46 bits per heavy atom. The number of hydrogen-bond donors (Lipinski definition) is 0. The fraction of sp³-hybridized carbons (Fsp3) is 0.273. The lowest BCUT2D eigenvalue weighted by atomic mass is 9.85. The van der Waals surface area contributed by atoms with Gasteiger partial charge in [-0.05, 0) is 54.7 Å². The van der Waals surface area contributed by atoms with E-state index >= 15 is 0 Å². The summed E-state index contributed by atoms with van der Waals surface area (Å²) in [5.74, 6) is 0.480. The Labute approximate surface area is 172 Å². The fourth-order valence-electron chi connectivity index (χ4n) is 4.67. The molecule has 2 aliphatic carbocycles. The van der Waals surface area contributed by atoms with Crippen molar-refractivity contribution >= 4 is 40.7 Å². The van der Waals surface area contributed by atoms with Crippen LogP contribution in [0.25, 0.3) is 0 Å². The molecule has 0 N–H and O–H groups in total. The van der Waals surface area contributed by atoms with Gasteiger partial charge >= 0.3 is 0 Å². The van der Waals surface area contributed by atoms with E-state index in [-0.39, 0.29) is 42.1 Å². The van der Waals surface area contributed by atoms with Crippen molar-refractivity contribution in [2.45, 2.75) is 13.0 Å². The zero-order chi connectivity index (χ0) is 19.4. The number of allylic oxidation sites excluding steroid dienone is 2. The third-order valence-electron chi connectivity index (χ3n) is 6.01. The van der Waals surface area contributed by atoms with Crippen molar-refractivity contribution in [3.8, 4) is 5.75 Å². The first-order valence-electron chi connectivity index (χ1n) is 9.26. The van der Waals surface area contributed by atoms with Gasteiger partial charge in [0.15, 0.2) is 0 Å². The van der Waals surface area contributed by atoms with Crippen molar-refractivity contribution in [3.05, 3.63) is 70.2 Å². The summed E-state index contributed by atoms with van der Waals surface area (Å²) in [4.78, 5) is 27.1. The SMILES string of the molecule is O=C1[C@@H]2[C@H](C(=O)N1c1ccc(OCc3c(Cl)cccc3Cl)cc1)[C@H]1C=C[C@H]2C1. The van der Waals surface area contributed by atoms with Crippen LogP contribution in [0.4, 0.5) is 5.69 Å². The molecular weight excluding hydrogens is 397 g/mol. The predicted molar refractivity (Wildman–Crippen MR) is 107 cm³/mol. The number of amides is 2. The maximum atomic E-state index is 12.9. The van der Waals surface area contributed by atoms with Crippen LogP contribution in [0.3, 0.4) is 0 Å². The lowest BCUT2D eigenvalue weighted by molar-refractivity contribution is -0.123. The van der Waals surface area contributed by atoms with Crippen molar-refractivity contribution in [2.24, 2.45) is 23.7 Å². The quantitative estimate of drug-likeness (QED) is 0.529. The molecule has 4 atom stereocenters. The highest BCUT2D eigenvalue weighted by atomic mass is 35.5. The Balaban J connectivity index is 1.32. The number of imide groups is 1. The average molecular weight is 414 g/mol. The summed E-state index contributed by atoms with van der Waals surface area (Å²) in [6.45, 7) is 0.235. The number of rotatable bonds is 4. The molecule has 1 heterocycles. The van der Waals surface area contributed by atoms with Crippen molar-refractivity contribution in [3.63, 3.8) is 0 Å². The van der Waals surface area contributed by atoms with E-state index in [1.165, 1.54) is 4.90 Å². The van der Waals surface area contributed by atoms with E-state index in [2.05, 4.69) is 12.2 Å². The van der Waals surface area contributed by atoms with E-state index in [1.807, 2.05) is 0 Å². The molecule has 0 unspecified atom stereocenters. The normalized spacial score (nSPS) is 27.6. The molecule has 1 saturated carbocycles. The molecule has 0 spiro atoms. The van der Waals surface area contributed by atoms with E-state index in [4.69, 9.17) is 27.9 Å². The molecule has 142 valence electrons. The third kappa shape index (κ3) is 2.66. The number of ether oxygens (including phenoxy) is 1. The van der Waals surface area contributed by atoms with Gasteiger partial charge in [0.1, 0.15) is 12.4 Å². The second-order valence-electron chi connectivity index (χ2n) is 7.49. The first kappa shape index (κ1) is 17.8. The predicted octanol–water partition coefficient (Wildman–Crippen LogP) is 4.88. The summed E-state index contributed by atoms with van der Waals surface area (Å²) in [6.07, 6.45) is 5.12. The number of hydrogen-bond acceptors (Lipinski definition) is 3. The molecule has 2 bridgehead atoms. The highest BCUT2D eigenvalue weighted by Gasteiger charge is 2.59. The molecule has 1 aliphatic heterocycles. The van der Waals surface area contributed by atoms with Crippen LogP contribution in [-0.4, -0.2) is 11.8 Å². The van der Waals surface area contributed by atoms with Crippen LogP contribution in [0.1, 0.15) is 12.0 Å². The fourth-order valence-corrected chi connectivity index (χ4v) is 5.18.